The molecule has 1 fully saturated rings. The van der Waals surface area contributed by atoms with Gasteiger partial charge in [-0.2, -0.15) is 0 Å². The summed E-state index contributed by atoms with van der Waals surface area (Å²) in [6, 6.07) is 10.9. The normalized spacial score (nSPS) is 30.0. The van der Waals surface area contributed by atoms with Crippen molar-refractivity contribution >= 4 is 11.6 Å². The van der Waals surface area contributed by atoms with Gasteiger partial charge in [-0.3, -0.25) is 0 Å². The molecule has 1 saturated heterocycles. The predicted molar refractivity (Wildman–Crippen MR) is 110 cm³/mol. The fraction of sp³-hybridized carbons (Fsp3) is 0.455. The van der Waals surface area contributed by atoms with Crippen LogP contribution in [-0.2, 0) is 21.7 Å². The highest BCUT2D eigenvalue weighted by atomic mass is 35.5. The van der Waals surface area contributed by atoms with Crippen molar-refractivity contribution in [1.29, 1.82) is 0 Å². The van der Waals surface area contributed by atoms with Crippen molar-refractivity contribution in [1.82, 2.24) is 0 Å². The Morgan fingerprint density at radius 3 is 2.55 bits per heavy atom. The number of aliphatic hydroxyl groups excluding tert-OH is 4. The van der Waals surface area contributed by atoms with Crippen molar-refractivity contribution in [2.45, 2.75) is 43.5 Å². The van der Waals surface area contributed by atoms with E-state index in [2.05, 4.69) is 0 Å². The maximum atomic E-state index is 10.8. The average Bonchev–Trinajstić information content (AvgIpc) is 2.77. The van der Waals surface area contributed by atoms with E-state index in [1.165, 1.54) is 0 Å². The number of aliphatic hydroxyl groups is 4. The summed E-state index contributed by atoms with van der Waals surface area (Å²) < 4.78 is 22.5. The summed E-state index contributed by atoms with van der Waals surface area (Å²) in [5.41, 5.74) is 2.02. The molecule has 0 unspecified atom stereocenters. The Labute approximate surface area is 184 Å². The Bertz CT molecular complexity index is 918. The molecule has 0 bridgehead atoms. The molecule has 0 radical (unpaired) electrons. The number of ether oxygens (including phenoxy) is 4. The lowest BCUT2D eigenvalue weighted by atomic mass is 9.86. The summed E-state index contributed by atoms with van der Waals surface area (Å²) in [5, 5.41) is 41.3. The molecule has 5 atom stereocenters. The van der Waals surface area contributed by atoms with E-state index in [1.54, 1.807) is 12.1 Å². The van der Waals surface area contributed by atoms with Crippen molar-refractivity contribution in [2.24, 2.45) is 0 Å². The molecule has 168 valence electrons. The second kappa shape index (κ2) is 8.91. The minimum atomic E-state index is -1.82. The summed E-state index contributed by atoms with van der Waals surface area (Å²) in [6.45, 7) is 1.66. The lowest BCUT2D eigenvalue weighted by Gasteiger charge is -2.49. The smallest absolute Gasteiger partial charge is 0.231 e. The van der Waals surface area contributed by atoms with Crippen molar-refractivity contribution in [2.75, 3.05) is 20.0 Å². The van der Waals surface area contributed by atoms with Crippen molar-refractivity contribution in [3.05, 3.63) is 58.1 Å². The minimum absolute atomic E-state index is 0.264. The van der Waals surface area contributed by atoms with Crippen LogP contribution in [0.25, 0.3) is 0 Å². The van der Waals surface area contributed by atoms with Gasteiger partial charge in [-0.1, -0.05) is 23.7 Å². The lowest BCUT2D eigenvalue weighted by Crippen LogP contribution is -2.65. The van der Waals surface area contributed by atoms with Gasteiger partial charge in [0.2, 0.25) is 5.79 Å². The van der Waals surface area contributed by atoms with Crippen LogP contribution in [0.2, 0.25) is 5.02 Å². The van der Waals surface area contributed by atoms with Crippen LogP contribution in [0, 0.1) is 0 Å². The Balaban J connectivity index is 1.71. The van der Waals surface area contributed by atoms with Crippen LogP contribution >= 0.6 is 11.6 Å². The zero-order valence-electron chi connectivity index (χ0n) is 16.9. The molecule has 2 aromatic rings. The van der Waals surface area contributed by atoms with E-state index in [1.807, 2.05) is 31.2 Å². The third kappa shape index (κ3) is 4.01. The molecule has 1 spiro atoms. The molecule has 9 heteroatoms. The molecule has 2 aliphatic heterocycles. The molecule has 0 saturated carbocycles. The molecule has 4 N–H and O–H groups in total. The zero-order valence-corrected chi connectivity index (χ0v) is 17.7. The first-order valence-corrected chi connectivity index (χ1v) is 10.4. The molecule has 0 aromatic heterocycles. The number of fused-ring (bicyclic) bond motifs is 2. The van der Waals surface area contributed by atoms with E-state index in [-0.39, 0.29) is 6.79 Å². The van der Waals surface area contributed by atoms with Crippen LogP contribution in [0.3, 0.4) is 0 Å². The number of rotatable bonds is 5. The Kier molecular flexibility index (Phi) is 6.41. The summed E-state index contributed by atoms with van der Waals surface area (Å²) >= 11 is 6.49. The van der Waals surface area contributed by atoms with Crippen LogP contribution < -0.4 is 9.47 Å². The quantitative estimate of drug-likeness (QED) is 0.536. The van der Waals surface area contributed by atoms with Gasteiger partial charge in [0, 0.05) is 5.02 Å². The number of benzene rings is 2. The first-order valence-electron chi connectivity index (χ1n) is 10.0. The molecule has 31 heavy (non-hydrogen) atoms. The summed E-state index contributed by atoms with van der Waals surface area (Å²) in [6.07, 6.45) is -5.38. The molecular weight excluding hydrogens is 428 g/mol. The Morgan fingerprint density at radius 2 is 1.87 bits per heavy atom. The molecule has 0 amide bonds. The van der Waals surface area contributed by atoms with Gasteiger partial charge in [-0.25, -0.2) is 0 Å². The first kappa shape index (κ1) is 22.3. The lowest BCUT2D eigenvalue weighted by molar-refractivity contribution is -0.389. The van der Waals surface area contributed by atoms with Crippen LogP contribution in [0.5, 0.6) is 11.5 Å². The van der Waals surface area contributed by atoms with Crippen molar-refractivity contribution < 1.29 is 39.4 Å². The van der Waals surface area contributed by atoms with E-state index in [4.69, 9.17) is 30.5 Å². The molecule has 8 nitrogen and oxygen atoms in total. The second-order valence-electron chi connectivity index (χ2n) is 7.53. The first-order chi connectivity index (χ1) is 14.9. The number of hydrogen-bond donors (Lipinski definition) is 4. The van der Waals surface area contributed by atoms with Crippen LogP contribution in [-0.4, -0.2) is 64.8 Å². The molecule has 4 rings (SSSR count). The molecule has 0 aliphatic carbocycles. The standard InChI is InChI=1S/C22H25ClO8/c1-2-28-14-5-3-12(4-6-14)7-13-8-15-17(9-16(13)23)29-11-30-22(15)21(27)20(26)19(25)18(10-24)31-22/h3-6,8-9,18-21,24-27H,2,7,10-11H2,1H3/t18-,19-,20+,21-,22+/m1/s1. The zero-order chi connectivity index (χ0) is 22.2. The maximum Gasteiger partial charge on any atom is 0.231 e. The highest BCUT2D eigenvalue weighted by Crippen LogP contribution is 2.47. The topological polar surface area (TPSA) is 118 Å². The maximum absolute atomic E-state index is 10.8. The van der Waals surface area contributed by atoms with Gasteiger partial charge < -0.3 is 39.4 Å². The summed E-state index contributed by atoms with van der Waals surface area (Å²) in [4.78, 5) is 0. The van der Waals surface area contributed by atoms with Gasteiger partial charge in [0.1, 0.15) is 35.9 Å². The van der Waals surface area contributed by atoms with Gasteiger partial charge >= 0.3 is 0 Å². The molecule has 2 heterocycles. The highest BCUT2D eigenvalue weighted by Gasteiger charge is 2.58. The van der Waals surface area contributed by atoms with E-state index >= 15 is 0 Å². The summed E-state index contributed by atoms with van der Waals surface area (Å²) in [7, 11) is 0. The van der Waals surface area contributed by atoms with E-state index < -0.39 is 36.8 Å². The Hall–Kier alpha value is -1.91. The SMILES string of the molecule is CCOc1ccc(Cc2cc3c(cc2Cl)OCO[C@]32O[C@H](CO)[C@@H](O)[C@H](O)[C@H]2O)cc1. The molecule has 2 aromatic carbocycles. The van der Waals surface area contributed by atoms with Gasteiger partial charge in [0.05, 0.1) is 18.8 Å². The van der Waals surface area contributed by atoms with Crippen LogP contribution in [0.1, 0.15) is 23.6 Å². The number of halogens is 1. The summed E-state index contributed by atoms with van der Waals surface area (Å²) in [5.74, 6) is -0.728. The van der Waals surface area contributed by atoms with Gasteiger partial charge in [0.25, 0.3) is 0 Å². The van der Waals surface area contributed by atoms with Crippen LogP contribution in [0.15, 0.2) is 36.4 Å². The van der Waals surface area contributed by atoms with Crippen molar-refractivity contribution in [3.63, 3.8) is 0 Å². The molecular formula is C22H25ClO8. The van der Waals surface area contributed by atoms with Gasteiger partial charge in [-0.15, -0.1) is 0 Å². The van der Waals surface area contributed by atoms with E-state index in [0.29, 0.717) is 29.4 Å². The number of hydrogen-bond acceptors (Lipinski definition) is 8. The van der Waals surface area contributed by atoms with Crippen LogP contribution in [0.4, 0.5) is 0 Å². The fourth-order valence-corrected chi connectivity index (χ4v) is 4.18. The highest BCUT2D eigenvalue weighted by molar-refractivity contribution is 6.31. The van der Waals surface area contributed by atoms with Gasteiger partial charge in [-0.05, 0) is 48.7 Å². The third-order valence-corrected chi connectivity index (χ3v) is 5.94. The fourth-order valence-electron chi connectivity index (χ4n) is 3.96. The Morgan fingerprint density at radius 1 is 1.13 bits per heavy atom. The van der Waals surface area contributed by atoms with Crippen molar-refractivity contribution in [3.8, 4) is 11.5 Å². The molecule has 2 aliphatic rings. The largest absolute Gasteiger partial charge is 0.494 e. The monoisotopic (exact) mass is 452 g/mol. The van der Waals surface area contributed by atoms with E-state index in [0.717, 1.165) is 16.9 Å². The predicted octanol–water partition coefficient (Wildman–Crippen LogP) is 1.32. The van der Waals surface area contributed by atoms with E-state index in [9.17, 15) is 20.4 Å². The van der Waals surface area contributed by atoms with Gasteiger partial charge in [0.15, 0.2) is 6.79 Å². The average molecular weight is 453 g/mol. The third-order valence-electron chi connectivity index (χ3n) is 5.59. The second-order valence-corrected chi connectivity index (χ2v) is 7.94. The minimum Gasteiger partial charge on any atom is -0.494 e.